The fourth-order valence-corrected chi connectivity index (χ4v) is 4.08. The number of aromatic amines is 1. The third kappa shape index (κ3) is 4.15. The fourth-order valence-electron chi connectivity index (χ4n) is 4.08. The van der Waals surface area contributed by atoms with Gasteiger partial charge in [-0.25, -0.2) is 0 Å². The Labute approximate surface area is 183 Å². The van der Waals surface area contributed by atoms with E-state index in [1.165, 1.54) is 25.3 Å². The first-order valence-electron chi connectivity index (χ1n) is 10.2. The molecule has 2 aromatic carbocycles. The topological polar surface area (TPSA) is 71.9 Å². The number of piperazine rings is 1. The molecule has 3 aromatic rings. The van der Waals surface area contributed by atoms with E-state index in [9.17, 15) is 23.1 Å². The van der Waals surface area contributed by atoms with Crippen LogP contribution in [0.5, 0.6) is 5.88 Å². The van der Waals surface area contributed by atoms with Gasteiger partial charge in [0.2, 0.25) is 5.91 Å². The average Bonchev–Trinajstić information content (AvgIpc) is 3.08. The van der Waals surface area contributed by atoms with Crippen LogP contribution >= 0.6 is 0 Å². The molecule has 6 nitrogen and oxygen atoms in total. The van der Waals surface area contributed by atoms with Gasteiger partial charge in [0.15, 0.2) is 5.88 Å². The van der Waals surface area contributed by atoms with Crippen LogP contribution in [0.4, 0.5) is 24.5 Å². The van der Waals surface area contributed by atoms with Gasteiger partial charge in [0, 0.05) is 55.9 Å². The quantitative estimate of drug-likeness (QED) is 0.579. The molecule has 2 heterocycles. The molecule has 168 valence electrons. The zero-order valence-electron chi connectivity index (χ0n) is 17.7. The summed E-state index contributed by atoms with van der Waals surface area (Å²) in [6, 6.07) is 9.49. The standard InChI is InChI=1S/C23H23F3N4O2/c1-14-4-3-5-19-21(14)17(22(32)28-19)13-27-16-6-7-20(18(12-16)23(24,25)26)30-10-8-29(9-11-30)15(2)31/h3-7,12-13,28,32H,8-11H2,1-2H3. The van der Waals surface area contributed by atoms with Gasteiger partial charge in [-0.2, -0.15) is 13.2 Å². The van der Waals surface area contributed by atoms with Gasteiger partial charge in [-0.15, -0.1) is 0 Å². The number of alkyl halides is 3. The van der Waals surface area contributed by atoms with Crippen LogP contribution in [-0.4, -0.2) is 53.3 Å². The van der Waals surface area contributed by atoms with E-state index in [1.54, 1.807) is 9.80 Å². The van der Waals surface area contributed by atoms with Gasteiger partial charge in [0.05, 0.1) is 16.8 Å². The van der Waals surface area contributed by atoms with Crippen molar-refractivity contribution in [1.29, 1.82) is 0 Å². The Kier molecular flexibility index (Phi) is 5.58. The average molecular weight is 444 g/mol. The molecule has 1 aromatic heterocycles. The summed E-state index contributed by atoms with van der Waals surface area (Å²) in [4.78, 5) is 21.8. The number of nitrogens with zero attached hydrogens (tertiary/aromatic N) is 3. The summed E-state index contributed by atoms with van der Waals surface area (Å²) in [5.74, 6) is -0.171. The first-order valence-corrected chi connectivity index (χ1v) is 10.2. The lowest BCUT2D eigenvalue weighted by atomic mass is 10.1. The SMILES string of the molecule is CC(=O)N1CCN(c2ccc(N=Cc3c(O)[nH]c4cccc(C)c34)cc2C(F)(F)F)CC1. The predicted molar refractivity (Wildman–Crippen MR) is 118 cm³/mol. The number of amides is 1. The van der Waals surface area contributed by atoms with Crippen molar-refractivity contribution < 1.29 is 23.1 Å². The maximum Gasteiger partial charge on any atom is 0.418 e. The lowest BCUT2D eigenvalue weighted by Gasteiger charge is -2.36. The van der Waals surface area contributed by atoms with E-state index in [1.807, 2.05) is 25.1 Å². The van der Waals surface area contributed by atoms with Gasteiger partial charge >= 0.3 is 6.18 Å². The maximum absolute atomic E-state index is 13.8. The van der Waals surface area contributed by atoms with Gasteiger partial charge in [-0.05, 0) is 36.8 Å². The zero-order valence-corrected chi connectivity index (χ0v) is 17.7. The number of aryl methyl sites for hydroxylation is 1. The molecule has 1 aliphatic heterocycles. The van der Waals surface area contributed by atoms with Crippen molar-refractivity contribution in [1.82, 2.24) is 9.88 Å². The first-order chi connectivity index (χ1) is 15.1. The van der Waals surface area contributed by atoms with Crippen LogP contribution in [0, 0.1) is 6.92 Å². The molecular weight excluding hydrogens is 421 g/mol. The highest BCUT2D eigenvalue weighted by Crippen LogP contribution is 2.39. The number of hydrogen-bond donors (Lipinski definition) is 2. The van der Waals surface area contributed by atoms with Crippen molar-refractivity contribution in [3.8, 4) is 5.88 Å². The van der Waals surface area contributed by atoms with Crippen molar-refractivity contribution in [3.05, 3.63) is 53.1 Å². The van der Waals surface area contributed by atoms with Gasteiger partial charge in [0.1, 0.15) is 0 Å². The predicted octanol–water partition coefficient (Wildman–Crippen LogP) is 4.62. The van der Waals surface area contributed by atoms with Crippen LogP contribution < -0.4 is 4.90 Å². The Hall–Kier alpha value is -3.49. The van der Waals surface area contributed by atoms with Gasteiger partial charge in [-0.3, -0.25) is 9.79 Å². The van der Waals surface area contributed by atoms with Crippen LogP contribution in [0.1, 0.15) is 23.6 Å². The van der Waals surface area contributed by atoms with E-state index >= 15 is 0 Å². The molecule has 0 aliphatic carbocycles. The third-order valence-electron chi connectivity index (χ3n) is 5.74. The molecule has 4 rings (SSSR count). The summed E-state index contributed by atoms with van der Waals surface area (Å²) in [6.45, 7) is 4.75. The molecule has 2 N–H and O–H groups in total. The number of carbonyl (C=O) groups excluding carboxylic acids is 1. The molecule has 9 heteroatoms. The maximum atomic E-state index is 13.8. The van der Waals surface area contributed by atoms with E-state index in [-0.39, 0.29) is 23.2 Å². The van der Waals surface area contributed by atoms with Crippen molar-refractivity contribution >= 4 is 34.4 Å². The second kappa shape index (κ2) is 8.22. The number of aromatic hydroxyl groups is 1. The second-order valence-corrected chi connectivity index (χ2v) is 7.84. The molecule has 1 saturated heterocycles. The number of halogens is 3. The minimum atomic E-state index is -4.56. The van der Waals surface area contributed by atoms with Gasteiger partial charge in [0.25, 0.3) is 0 Å². The molecule has 0 atom stereocenters. The Bertz CT molecular complexity index is 1190. The number of aliphatic imine (C=N–C) groups is 1. The number of aromatic nitrogens is 1. The smallest absolute Gasteiger partial charge is 0.418 e. The fraction of sp³-hybridized carbons (Fsp3) is 0.304. The number of H-pyrrole nitrogens is 1. The summed E-state index contributed by atoms with van der Waals surface area (Å²) in [5.41, 5.74) is 1.49. The minimum absolute atomic E-state index is 0.0745. The molecule has 0 unspecified atom stereocenters. The highest BCUT2D eigenvalue weighted by Gasteiger charge is 2.36. The number of rotatable bonds is 3. The van der Waals surface area contributed by atoms with Crippen LogP contribution in [0.2, 0.25) is 0 Å². The van der Waals surface area contributed by atoms with Crippen molar-refractivity contribution in [2.75, 3.05) is 31.1 Å². The first kappa shape index (κ1) is 21.7. The Morgan fingerprint density at radius 3 is 2.53 bits per heavy atom. The Morgan fingerprint density at radius 2 is 1.88 bits per heavy atom. The number of anilines is 1. The zero-order chi connectivity index (χ0) is 23.0. The molecular formula is C23H23F3N4O2. The monoisotopic (exact) mass is 444 g/mol. The lowest BCUT2D eigenvalue weighted by molar-refractivity contribution is -0.137. The molecule has 0 radical (unpaired) electrons. The van der Waals surface area contributed by atoms with Crippen LogP contribution in [-0.2, 0) is 11.0 Å². The summed E-state index contributed by atoms with van der Waals surface area (Å²) in [5, 5.41) is 11.0. The largest absolute Gasteiger partial charge is 0.494 e. The molecule has 1 fully saturated rings. The molecule has 32 heavy (non-hydrogen) atoms. The Balaban J connectivity index is 1.66. The highest BCUT2D eigenvalue weighted by molar-refractivity contribution is 6.04. The second-order valence-electron chi connectivity index (χ2n) is 7.84. The Morgan fingerprint density at radius 1 is 1.16 bits per heavy atom. The number of hydrogen-bond acceptors (Lipinski definition) is 4. The number of nitrogens with one attached hydrogen (secondary N) is 1. The molecule has 0 bridgehead atoms. The molecule has 0 saturated carbocycles. The van der Waals surface area contributed by atoms with Crippen LogP contribution in [0.15, 0.2) is 41.4 Å². The van der Waals surface area contributed by atoms with Crippen molar-refractivity contribution in [3.63, 3.8) is 0 Å². The van der Waals surface area contributed by atoms with E-state index in [2.05, 4.69) is 9.98 Å². The van der Waals surface area contributed by atoms with Crippen LogP contribution in [0.3, 0.4) is 0 Å². The third-order valence-corrected chi connectivity index (χ3v) is 5.74. The molecule has 0 spiro atoms. The summed E-state index contributed by atoms with van der Waals surface area (Å²) >= 11 is 0. The summed E-state index contributed by atoms with van der Waals surface area (Å²) in [7, 11) is 0. The van der Waals surface area contributed by atoms with E-state index < -0.39 is 11.7 Å². The molecule has 1 amide bonds. The van der Waals surface area contributed by atoms with E-state index in [4.69, 9.17) is 0 Å². The lowest BCUT2D eigenvalue weighted by Crippen LogP contribution is -2.48. The minimum Gasteiger partial charge on any atom is -0.494 e. The number of fused-ring (bicyclic) bond motifs is 1. The summed E-state index contributed by atoms with van der Waals surface area (Å²) < 4.78 is 41.5. The van der Waals surface area contributed by atoms with Crippen molar-refractivity contribution in [2.45, 2.75) is 20.0 Å². The molecule has 1 aliphatic rings. The van der Waals surface area contributed by atoms with E-state index in [0.717, 1.165) is 22.5 Å². The van der Waals surface area contributed by atoms with E-state index in [0.29, 0.717) is 31.7 Å². The summed E-state index contributed by atoms with van der Waals surface area (Å²) in [6.07, 6.45) is -3.18. The number of carbonyl (C=O) groups is 1. The van der Waals surface area contributed by atoms with Crippen LogP contribution in [0.25, 0.3) is 10.9 Å². The normalized spacial score (nSPS) is 15.2. The number of benzene rings is 2. The van der Waals surface area contributed by atoms with Gasteiger partial charge < -0.3 is 19.9 Å². The van der Waals surface area contributed by atoms with Crippen molar-refractivity contribution in [2.24, 2.45) is 4.99 Å². The highest BCUT2D eigenvalue weighted by atomic mass is 19.4. The van der Waals surface area contributed by atoms with Gasteiger partial charge in [-0.1, -0.05) is 12.1 Å².